The fraction of sp³-hybridized carbons (Fsp3) is 0. The van der Waals surface area contributed by atoms with Crippen molar-refractivity contribution in [3.8, 4) is 11.6 Å². The van der Waals surface area contributed by atoms with E-state index in [-0.39, 0.29) is 17.3 Å². The number of hydrogen-bond acceptors (Lipinski definition) is 6. The van der Waals surface area contributed by atoms with Crippen LogP contribution in [-0.2, 0) is 0 Å². The van der Waals surface area contributed by atoms with Gasteiger partial charge in [-0.3, -0.25) is 10.1 Å². The van der Waals surface area contributed by atoms with Crippen LogP contribution in [0.25, 0.3) is 0 Å². The van der Waals surface area contributed by atoms with E-state index in [2.05, 4.69) is 10.1 Å². The van der Waals surface area contributed by atoms with E-state index < -0.39 is 22.2 Å². The maximum atomic E-state index is 13.7. The van der Waals surface area contributed by atoms with Crippen LogP contribution in [0.2, 0.25) is 0 Å². The van der Waals surface area contributed by atoms with E-state index >= 15 is 0 Å². The average Bonchev–Trinajstić information content (AvgIpc) is 2.48. The van der Waals surface area contributed by atoms with Crippen molar-refractivity contribution in [1.82, 2.24) is 4.98 Å². The molecule has 0 radical (unpaired) electrons. The van der Waals surface area contributed by atoms with Gasteiger partial charge < -0.3 is 15.7 Å². The van der Waals surface area contributed by atoms with Gasteiger partial charge >= 0.3 is 5.69 Å². The molecule has 1 aromatic carbocycles. The summed E-state index contributed by atoms with van der Waals surface area (Å²) in [5.74, 6) is -2.08. The summed E-state index contributed by atoms with van der Waals surface area (Å²) in [5.41, 5.74) is 4.94. The van der Waals surface area contributed by atoms with Gasteiger partial charge in [0.2, 0.25) is 11.6 Å². The van der Waals surface area contributed by atoms with Crippen molar-refractivity contribution in [2.24, 2.45) is 10.9 Å². The van der Waals surface area contributed by atoms with Gasteiger partial charge in [0.05, 0.1) is 10.5 Å². The van der Waals surface area contributed by atoms with Gasteiger partial charge in [-0.25, -0.2) is 9.37 Å². The Balaban J connectivity index is 2.52. The van der Waals surface area contributed by atoms with Crippen LogP contribution in [0.5, 0.6) is 11.6 Å². The molecule has 9 heteroatoms. The number of nitrogens with two attached hydrogens (primary N) is 1. The van der Waals surface area contributed by atoms with E-state index in [1.54, 1.807) is 0 Å². The van der Waals surface area contributed by atoms with Crippen molar-refractivity contribution >= 4 is 11.5 Å². The highest BCUT2D eigenvalue weighted by Crippen LogP contribution is 2.34. The number of rotatable bonds is 4. The number of hydrogen-bond donors (Lipinski definition) is 2. The van der Waals surface area contributed by atoms with Gasteiger partial charge in [-0.15, -0.1) is 0 Å². The Kier molecular flexibility index (Phi) is 3.93. The third-order valence-electron chi connectivity index (χ3n) is 2.50. The number of pyridine rings is 1. The molecule has 1 heterocycles. The van der Waals surface area contributed by atoms with Crippen LogP contribution in [0, 0.1) is 15.9 Å². The van der Waals surface area contributed by atoms with Crippen LogP contribution in [-0.4, -0.2) is 21.0 Å². The van der Waals surface area contributed by atoms with Gasteiger partial charge in [-0.1, -0.05) is 11.2 Å². The van der Waals surface area contributed by atoms with Crippen molar-refractivity contribution in [2.45, 2.75) is 0 Å². The van der Waals surface area contributed by atoms with Gasteiger partial charge in [0, 0.05) is 12.3 Å². The molecule has 2 rings (SSSR count). The van der Waals surface area contributed by atoms with Gasteiger partial charge in [0.1, 0.15) is 0 Å². The Morgan fingerprint density at radius 1 is 1.43 bits per heavy atom. The molecule has 3 N–H and O–H groups in total. The number of ether oxygens (including phenoxy) is 1. The fourth-order valence-corrected chi connectivity index (χ4v) is 1.56. The van der Waals surface area contributed by atoms with Crippen LogP contribution in [0.4, 0.5) is 10.1 Å². The summed E-state index contributed by atoms with van der Waals surface area (Å²) in [6.07, 6.45) is 1.32. The Morgan fingerprint density at radius 2 is 2.19 bits per heavy atom. The molecule has 0 aliphatic heterocycles. The largest absolute Gasteiger partial charge is 0.428 e. The summed E-state index contributed by atoms with van der Waals surface area (Å²) in [5, 5.41) is 22.4. The molecule has 0 aliphatic rings. The molecule has 0 saturated carbocycles. The van der Waals surface area contributed by atoms with Crippen molar-refractivity contribution in [1.29, 1.82) is 0 Å². The maximum absolute atomic E-state index is 13.7. The predicted octanol–water partition coefficient (Wildman–Crippen LogP) is 2.02. The lowest BCUT2D eigenvalue weighted by Gasteiger charge is -2.09. The van der Waals surface area contributed by atoms with Gasteiger partial charge in [-0.05, 0) is 18.2 Å². The number of halogens is 1. The third kappa shape index (κ3) is 2.86. The lowest BCUT2D eigenvalue weighted by atomic mass is 10.2. The summed E-state index contributed by atoms with van der Waals surface area (Å²) in [6.45, 7) is 0. The normalized spacial score (nSPS) is 11.2. The molecule has 0 aliphatic carbocycles. The average molecular weight is 292 g/mol. The van der Waals surface area contributed by atoms with Crippen LogP contribution >= 0.6 is 0 Å². The van der Waals surface area contributed by atoms with Crippen molar-refractivity contribution < 1.29 is 19.3 Å². The van der Waals surface area contributed by atoms with Crippen molar-refractivity contribution in [2.75, 3.05) is 0 Å². The molecule has 2 aromatic rings. The molecule has 0 unspecified atom stereocenters. The predicted molar refractivity (Wildman–Crippen MR) is 69.9 cm³/mol. The smallest absolute Gasteiger partial charge is 0.314 e. The Morgan fingerprint density at radius 3 is 2.86 bits per heavy atom. The summed E-state index contributed by atoms with van der Waals surface area (Å²) < 4.78 is 18.9. The molecule has 21 heavy (non-hydrogen) atoms. The van der Waals surface area contributed by atoms with E-state index in [0.29, 0.717) is 0 Å². The highest BCUT2D eigenvalue weighted by molar-refractivity contribution is 5.99. The lowest BCUT2D eigenvalue weighted by molar-refractivity contribution is -0.385. The van der Waals surface area contributed by atoms with E-state index in [4.69, 9.17) is 15.7 Å². The molecule has 0 bridgehead atoms. The monoisotopic (exact) mass is 292 g/mol. The number of nitrogens with zero attached hydrogens (tertiary/aromatic N) is 3. The summed E-state index contributed by atoms with van der Waals surface area (Å²) in [7, 11) is 0. The molecular formula is C12H9FN4O4. The van der Waals surface area contributed by atoms with Gasteiger partial charge in [0.15, 0.2) is 11.7 Å². The van der Waals surface area contributed by atoms with Gasteiger partial charge in [-0.2, -0.15) is 0 Å². The zero-order chi connectivity index (χ0) is 15.4. The van der Waals surface area contributed by atoms with Crippen LogP contribution < -0.4 is 10.5 Å². The maximum Gasteiger partial charge on any atom is 0.314 e. The van der Waals surface area contributed by atoms with E-state index in [0.717, 1.165) is 12.1 Å². The fourth-order valence-electron chi connectivity index (χ4n) is 1.56. The molecule has 0 atom stereocenters. The van der Waals surface area contributed by atoms with Crippen LogP contribution in [0.1, 0.15) is 5.56 Å². The lowest BCUT2D eigenvalue weighted by Crippen LogP contribution is -2.15. The zero-order valence-corrected chi connectivity index (χ0v) is 10.4. The summed E-state index contributed by atoms with van der Waals surface area (Å²) in [4.78, 5) is 13.9. The summed E-state index contributed by atoms with van der Waals surface area (Å²) in [6, 6.07) is 6.17. The highest BCUT2D eigenvalue weighted by Gasteiger charge is 2.22. The molecule has 0 spiro atoms. The number of oxime groups is 1. The minimum atomic E-state index is -0.930. The second-order valence-electron chi connectivity index (χ2n) is 3.79. The Hall–Kier alpha value is -3.23. The van der Waals surface area contributed by atoms with Gasteiger partial charge in [0.25, 0.3) is 0 Å². The SMILES string of the molecule is N/C(=N/O)c1cccnc1Oc1c(F)cccc1[N+](=O)[O-]. The zero-order valence-electron chi connectivity index (χ0n) is 10.4. The first-order valence-electron chi connectivity index (χ1n) is 5.58. The molecule has 1 aromatic heterocycles. The molecule has 8 nitrogen and oxygen atoms in total. The number of benzene rings is 1. The van der Waals surface area contributed by atoms with E-state index in [9.17, 15) is 14.5 Å². The first kappa shape index (κ1) is 14.2. The first-order chi connectivity index (χ1) is 10.0. The van der Waals surface area contributed by atoms with Crippen LogP contribution in [0.15, 0.2) is 41.7 Å². The van der Waals surface area contributed by atoms with Crippen LogP contribution in [0.3, 0.4) is 0 Å². The molecule has 0 fully saturated rings. The molecule has 0 saturated heterocycles. The Labute approximate surface area is 117 Å². The number of para-hydroxylation sites is 1. The van der Waals surface area contributed by atoms with E-state index in [1.807, 2.05) is 0 Å². The molecular weight excluding hydrogens is 283 g/mol. The number of aromatic nitrogens is 1. The first-order valence-corrected chi connectivity index (χ1v) is 5.58. The second kappa shape index (κ2) is 5.82. The minimum absolute atomic E-state index is 0.0672. The molecule has 0 amide bonds. The number of nitro benzene ring substituents is 1. The van der Waals surface area contributed by atoms with E-state index in [1.165, 1.54) is 24.4 Å². The van der Waals surface area contributed by atoms with Crippen molar-refractivity contribution in [3.05, 3.63) is 58.0 Å². The number of nitro groups is 1. The highest BCUT2D eigenvalue weighted by atomic mass is 19.1. The summed E-state index contributed by atoms with van der Waals surface area (Å²) >= 11 is 0. The standard InChI is InChI=1S/C12H9FN4O4/c13-8-4-1-5-9(17(19)20)10(8)21-12-7(11(14)16-18)3-2-6-15-12/h1-6,18H,(H2,14,16). The molecule has 108 valence electrons. The second-order valence-corrected chi connectivity index (χ2v) is 3.79. The Bertz CT molecular complexity index is 720. The number of amidine groups is 1. The van der Waals surface area contributed by atoms with Crippen molar-refractivity contribution in [3.63, 3.8) is 0 Å². The quantitative estimate of drug-likeness (QED) is 0.292. The topological polar surface area (TPSA) is 124 Å². The minimum Gasteiger partial charge on any atom is -0.428 e. The third-order valence-corrected chi connectivity index (χ3v) is 2.50.